The van der Waals surface area contributed by atoms with Crippen LogP contribution in [0.1, 0.15) is 51.4 Å². The first-order valence-electron chi connectivity index (χ1n) is 7.73. The van der Waals surface area contributed by atoms with Crippen molar-refractivity contribution in [2.75, 3.05) is 19.6 Å². The van der Waals surface area contributed by atoms with Crippen LogP contribution in [0.5, 0.6) is 0 Å². The van der Waals surface area contributed by atoms with Crippen molar-refractivity contribution in [1.82, 2.24) is 10.2 Å². The topological polar surface area (TPSA) is 15.3 Å². The van der Waals surface area contributed by atoms with Gasteiger partial charge in [-0.2, -0.15) is 0 Å². The van der Waals surface area contributed by atoms with Gasteiger partial charge in [-0.25, -0.2) is 0 Å². The lowest BCUT2D eigenvalue weighted by Crippen LogP contribution is -2.50. The monoisotopic (exact) mass is 235 g/mol. The average Bonchev–Trinajstić information content (AvgIpc) is 2.94. The number of nitrogens with one attached hydrogen (secondary N) is 1. The molecule has 2 nitrogen and oxygen atoms in total. The Bertz CT molecular complexity index is 229. The van der Waals surface area contributed by atoms with E-state index in [4.69, 9.17) is 0 Å². The van der Waals surface area contributed by atoms with Crippen molar-refractivity contribution < 1.29 is 0 Å². The molecule has 1 N–H and O–H groups in total. The highest BCUT2D eigenvalue weighted by atomic mass is 15.2. The number of hydrogen-bond donors (Lipinski definition) is 1. The number of piperidine rings is 2. The number of likely N-dealkylation sites (tertiary alicyclic amines) is 1. The fraction of sp³-hybridized carbons (Fsp3) is 0.933. The van der Waals surface area contributed by atoms with Crippen LogP contribution in [0.4, 0.5) is 0 Å². The van der Waals surface area contributed by atoms with Gasteiger partial charge in [0.2, 0.25) is 0 Å². The largest absolute Gasteiger partial charge is 0.317 e. The van der Waals surface area contributed by atoms with E-state index in [2.05, 4.69) is 16.6 Å². The molecule has 0 bridgehead atoms. The van der Waals surface area contributed by atoms with E-state index in [0.29, 0.717) is 0 Å². The van der Waals surface area contributed by atoms with E-state index >= 15 is 0 Å². The minimum absolute atomic E-state index is 0.883. The van der Waals surface area contributed by atoms with Gasteiger partial charge >= 0.3 is 0 Å². The zero-order valence-electron chi connectivity index (χ0n) is 11.0. The minimum atomic E-state index is 0.883. The fourth-order valence-corrected chi connectivity index (χ4v) is 4.21. The van der Waals surface area contributed by atoms with Gasteiger partial charge in [0.25, 0.3) is 0 Å². The Labute approximate surface area is 106 Å². The highest BCUT2D eigenvalue weighted by Gasteiger charge is 2.35. The normalized spacial score (nSPS) is 34.2. The summed E-state index contributed by atoms with van der Waals surface area (Å²) in [5.41, 5.74) is 0. The van der Waals surface area contributed by atoms with Crippen molar-refractivity contribution in [1.29, 1.82) is 0 Å². The molecule has 2 saturated heterocycles. The zero-order chi connectivity index (χ0) is 11.5. The Hall–Kier alpha value is -0.0800. The fourth-order valence-electron chi connectivity index (χ4n) is 4.21. The Morgan fingerprint density at radius 1 is 1.00 bits per heavy atom. The van der Waals surface area contributed by atoms with Gasteiger partial charge in [0.1, 0.15) is 0 Å². The Morgan fingerprint density at radius 3 is 2.53 bits per heavy atom. The van der Waals surface area contributed by atoms with Crippen LogP contribution in [0.3, 0.4) is 0 Å². The molecule has 3 rings (SSSR count). The maximum Gasteiger partial charge on any atom is 0.0130 e. The van der Waals surface area contributed by atoms with Gasteiger partial charge in [-0.1, -0.05) is 12.8 Å². The smallest absolute Gasteiger partial charge is 0.0130 e. The number of nitrogens with zero attached hydrogens (tertiary/aromatic N) is 1. The van der Waals surface area contributed by atoms with Gasteiger partial charge in [-0.3, -0.25) is 4.90 Å². The molecule has 97 valence electrons. The molecule has 3 fully saturated rings. The van der Waals surface area contributed by atoms with E-state index in [0.717, 1.165) is 18.0 Å². The van der Waals surface area contributed by atoms with Crippen LogP contribution < -0.4 is 5.32 Å². The summed E-state index contributed by atoms with van der Waals surface area (Å²) in [6.07, 6.45) is 14.0. The molecular weight excluding hydrogens is 208 g/mol. The molecule has 1 unspecified atom stereocenters. The molecule has 3 aliphatic rings. The first-order valence-corrected chi connectivity index (χ1v) is 7.73. The Kier molecular flexibility index (Phi) is 4.02. The molecule has 0 spiro atoms. The molecule has 1 saturated carbocycles. The van der Waals surface area contributed by atoms with Crippen molar-refractivity contribution in [3.63, 3.8) is 0 Å². The molecule has 1 radical (unpaired) electrons. The molecule has 1 aliphatic carbocycles. The lowest BCUT2D eigenvalue weighted by Gasteiger charge is -2.45. The van der Waals surface area contributed by atoms with Crippen LogP contribution in [0.2, 0.25) is 0 Å². The third-order valence-corrected chi connectivity index (χ3v) is 5.15. The summed E-state index contributed by atoms with van der Waals surface area (Å²) in [6.45, 7) is 3.85. The van der Waals surface area contributed by atoms with Gasteiger partial charge < -0.3 is 5.32 Å². The molecule has 2 heterocycles. The average molecular weight is 235 g/mol. The molecule has 0 aromatic carbocycles. The first kappa shape index (κ1) is 12.0. The molecule has 2 heteroatoms. The van der Waals surface area contributed by atoms with Crippen LogP contribution in [0.15, 0.2) is 0 Å². The summed E-state index contributed by atoms with van der Waals surface area (Å²) < 4.78 is 0. The van der Waals surface area contributed by atoms with Crippen LogP contribution in [0.25, 0.3) is 0 Å². The van der Waals surface area contributed by atoms with Crippen LogP contribution in [-0.4, -0.2) is 36.6 Å². The van der Waals surface area contributed by atoms with E-state index in [1.807, 2.05) is 0 Å². The second-order valence-corrected chi connectivity index (χ2v) is 6.14. The van der Waals surface area contributed by atoms with Crippen molar-refractivity contribution in [2.24, 2.45) is 5.92 Å². The van der Waals surface area contributed by atoms with E-state index < -0.39 is 0 Å². The van der Waals surface area contributed by atoms with E-state index in [9.17, 15) is 0 Å². The zero-order valence-corrected chi connectivity index (χ0v) is 11.0. The lowest BCUT2D eigenvalue weighted by molar-refractivity contribution is 0.0625. The van der Waals surface area contributed by atoms with Crippen molar-refractivity contribution in [3.8, 4) is 0 Å². The predicted octanol–water partition coefficient (Wildman–Crippen LogP) is 2.60. The van der Waals surface area contributed by atoms with E-state index in [1.54, 1.807) is 0 Å². The summed E-state index contributed by atoms with van der Waals surface area (Å²) >= 11 is 0. The molecule has 0 aromatic rings. The van der Waals surface area contributed by atoms with Crippen LogP contribution in [-0.2, 0) is 0 Å². The summed E-state index contributed by atoms with van der Waals surface area (Å²) in [7, 11) is 0. The Balaban J connectivity index is 1.65. The van der Waals surface area contributed by atoms with Gasteiger partial charge in [-0.05, 0) is 70.5 Å². The molecule has 1 atom stereocenters. The SMILES string of the molecule is [CH]1CCN(C2CCCC2)C(C2CCNCC2)C1. The van der Waals surface area contributed by atoms with Crippen molar-refractivity contribution >= 4 is 0 Å². The molecule has 0 amide bonds. The maximum absolute atomic E-state index is 3.51. The second kappa shape index (κ2) is 5.71. The van der Waals surface area contributed by atoms with E-state index in [1.165, 1.54) is 71.0 Å². The third kappa shape index (κ3) is 2.68. The quantitative estimate of drug-likeness (QED) is 0.791. The first-order chi connectivity index (χ1) is 8.45. The van der Waals surface area contributed by atoms with Gasteiger partial charge in [0, 0.05) is 12.1 Å². The number of hydrogen-bond acceptors (Lipinski definition) is 2. The third-order valence-electron chi connectivity index (χ3n) is 5.15. The molecular formula is C15H27N2. The standard InChI is InChI=1S/C15H27N2/c1-2-6-14(5-1)17-12-4-3-7-15(17)13-8-10-16-11-9-13/h3,13-16H,1-2,4-12H2. The van der Waals surface area contributed by atoms with E-state index in [-0.39, 0.29) is 0 Å². The molecule has 2 aliphatic heterocycles. The van der Waals surface area contributed by atoms with Gasteiger partial charge in [0.05, 0.1) is 0 Å². The van der Waals surface area contributed by atoms with Gasteiger partial charge in [-0.15, -0.1) is 0 Å². The van der Waals surface area contributed by atoms with Crippen molar-refractivity contribution in [3.05, 3.63) is 6.42 Å². The van der Waals surface area contributed by atoms with Crippen LogP contribution in [0, 0.1) is 12.3 Å². The second-order valence-electron chi connectivity index (χ2n) is 6.14. The number of rotatable bonds is 2. The highest BCUT2D eigenvalue weighted by molar-refractivity contribution is 4.95. The summed E-state index contributed by atoms with van der Waals surface area (Å²) in [5.74, 6) is 0.966. The maximum atomic E-state index is 3.51. The predicted molar refractivity (Wildman–Crippen MR) is 71.9 cm³/mol. The Morgan fingerprint density at radius 2 is 1.76 bits per heavy atom. The lowest BCUT2D eigenvalue weighted by atomic mass is 9.83. The van der Waals surface area contributed by atoms with Gasteiger partial charge in [0.15, 0.2) is 0 Å². The van der Waals surface area contributed by atoms with Crippen molar-refractivity contribution in [2.45, 2.75) is 63.5 Å². The summed E-state index contributed by atoms with van der Waals surface area (Å²) in [6, 6.07) is 1.82. The highest BCUT2D eigenvalue weighted by Crippen LogP contribution is 2.34. The minimum Gasteiger partial charge on any atom is -0.317 e. The summed E-state index contributed by atoms with van der Waals surface area (Å²) in [5, 5.41) is 3.51. The molecule has 0 aromatic heterocycles. The summed E-state index contributed by atoms with van der Waals surface area (Å²) in [4.78, 5) is 2.91. The molecule has 17 heavy (non-hydrogen) atoms. The van der Waals surface area contributed by atoms with Crippen LogP contribution >= 0.6 is 0 Å².